The second-order valence-electron chi connectivity index (χ2n) is 4.65. The minimum Gasteiger partial charge on any atom is -0.480 e. The monoisotopic (exact) mass is 326 g/mol. The van der Waals surface area contributed by atoms with Gasteiger partial charge >= 0.3 is 0 Å². The molecule has 7 heteroatoms. The Labute approximate surface area is 137 Å². The molecule has 0 spiro atoms. The molecule has 2 heterocycles. The van der Waals surface area contributed by atoms with E-state index in [2.05, 4.69) is 20.5 Å². The second-order valence-corrected chi connectivity index (χ2v) is 5.51. The van der Waals surface area contributed by atoms with E-state index in [9.17, 15) is 4.79 Å². The minimum absolute atomic E-state index is 0.240. The number of rotatable bonds is 5. The molecule has 0 aliphatic rings. The number of methoxy groups -OCH3 is 1. The molecule has 0 atom stereocenters. The van der Waals surface area contributed by atoms with Crippen molar-refractivity contribution in [3.05, 3.63) is 59.2 Å². The highest BCUT2D eigenvalue weighted by atomic mass is 32.1. The van der Waals surface area contributed by atoms with Gasteiger partial charge in [-0.15, -0.1) is 21.5 Å². The van der Waals surface area contributed by atoms with Crippen LogP contribution in [0.15, 0.2) is 47.8 Å². The zero-order valence-electron chi connectivity index (χ0n) is 12.4. The molecule has 1 N–H and O–H groups in total. The third-order valence-electron chi connectivity index (χ3n) is 3.08. The van der Waals surface area contributed by atoms with Crippen LogP contribution in [0.5, 0.6) is 5.88 Å². The molecule has 0 bridgehead atoms. The smallest absolute Gasteiger partial charge is 0.272 e. The summed E-state index contributed by atoms with van der Waals surface area (Å²) in [5.74, 6) is 0.0722. The maximum atomic E-state index is 12.0. The SMILES string of the molecule is COc1ccc(C(=O)NCc2csc(-c3ccccc3)n2)nn1. The number of nitrogens with one attached hydrogen (secondary N) is 1. The molecule has 0 radical (unpaired) electrons. The van der Waals surface area contributed by atoms with Gasteiger partial charge in [-0.3, -0.25) is 4.79 Å². The number of aromatic nitrogens is 3. The molecule has 0 aliphatic heterocycles. The van der Waals surface area contributed by atoms with Crippen molar-refractivity contribution in [3.8, 4) is 16.5 Å². The Morgan fingerprint density at radius 2 is 2.00 bits per heavy atom. The molecule has 116 valence electrons. The van der Waals surface area contributed by atoms with Crippen molar-refractivity contribution in [2.75, 3.05) is 7.11 Å². The fourth-order valence-electron chi connectivity index (χ4n) is 1.91. The van der Waals surface area contributed by atoms with Crippen molar-refractivity contribution in [2.24, 2.45) is 0 Å². The first kappa shape index (κ1) is 15.1. The Hall–Kier alpha value is -2.80. The highest BCUT2D eigenvalue weighted by Gasteiger charge is 2.10. The molecular weight excluding hydrogens is 312 g/mol. The zero-order valence-corrected chi connectivity index (χ0v) is 13.2. The van der Waals surface area contributed by atoms with Gasteiger partial charge in [0.2, 0.25) is 5.88 Å². The number of nitrogens with zero attached hydrogens (tertiary/aromatic N) is 3. The lowest BCUT2D eigenvalue weighted by molar-refractivity contribution is 0.0944. The lowest BCUT2D eigenvalue weighted by Crippen LogP contribution is -2.24. The van der Waals surface area contributed by atoms with Gasteiger partial charge in [-0.2, -0.15) is 0 Å². The Morgan fingerprint density at radius 1 is 1.17 bits per heavy atom. The number of carbonyl (C=O) groups is 1. The Balaban J connectivity index is 1.62. The molecule has 0 saturated carbocycles. The highest BCUT2D eigenvalue weighted by molar-refractivity contribution is 7.13. The van der Waals surface area contributed by atoms with Gasteiger partial charge in [0.15, 0.2) is 5.69 Å². The van der Waals surface area contributed by atoms with E-state index in [0.717, 1.165) is 16.3 Å². The van der Waals surface area contributed by atoms with Crippen molar-refractivity contribution < 1.29 is 9.53 Å². The van der Waals surface area contributed by atoms with E-state index >= 15 is 0 Å². The number of ether oxygens (including phenoxy) is 1. The average Bonchev–Trinajstić information content (AvgIpc) is 3.09. The molecule has 1 amide bonds. The predicted octanol–water partition coefficient (Wildman–Crippen LogP) is 2.54. The fourth-order valence-corrected chi connectivity index (χ4v) is 2.74. The summed E-state index contributed by atoms with van der Waals surface area (Å²) in [5.41, 5.74) is 2.11. The van der Waals surface area contributed by atoms with E-state index < -0.39 is 0 Å². The molecular formula is C16H14N4O2S. The van der Waals surface area contributed by atoms with Crippen LogP contribution in [0.4, 0.5) is 0 Å². The van der Waals surface area contributed by atoms with Gasteiger partial charge in [-0.25, -0.2) is 4.98 Å². The maximum Gasteiger partial charge on any atom is 0.272 e. The standard InChI is InChI=1S/C16H14N4O2S/c1-22-14-8-7-13(19-20-14)15(21)17-9-12-10-23-16(18-12)11-5-3-2-4-6-11/h2-8,10H,9H2,1H3,(H,17,21). The Bertz CT molecular complexity index is 787. The van der Waals surface area contributed by atoms with Crippen LogP contribution >= 0.6 is 11.3 Å². The van der Waals surface area contributed by atoms with Gasteiger partial charge in [-0.05, 0) is 6.07 Å². The van der Waals surface area contributed by atoms with Crippen molar-refractivity contribution in [1.29, 1.82) is 0 Å². The number of thiazole rings is 1. The largest absolute Gasteiger partial charge is 0.480 e. The summed E-state index contributed by atoms with van der Waals surface area (Å²) in [6.07, 6.45) is 0. The molecule has 1 aromatic carbocycles. The third kappa shape index (κ3) is 3.70. The van der Waals surface area contributed by atoms with Gasteiger partial charge in [-0.1, -0.05) is 30.3 Å². The van der Waals surface area contributed by atoms with Crippen LogP contribution < -0.4 is 10.1 Å². The molecule has 23 heavy (non-hydrogen) atoms. The van der Waals surface area contributed by atoms with Crippen LogP contribution in [0, 0.1) is 0 Å². The average molecular weight is 326 g/mol. The molecule has 0 saturated heterocycles. The third-order valence-corrected chi connectivity index (χ3v) is 4.02. The number of carbonyl (C=O) groups excluding carboxylic acids is 1. The van der Waals surface area contributed by atoms with Crippen molar-refractivity contribution in [3.63, 3.8) is 0 Å². The van der Waals surface area contributed by atoms with Crippen molar-refractivity contribution in [2.45, 2.75) is 6.54 Å². The van der Waals surface area contributed by atoms with Gasteiger partial charge in [0.05, 0.1) is 19.3 Å². The number of hydrogen-bond donors (Lipinski definition) is 1. The summed E-state index contributed by atoms with van der Waals surface area (Å²) in [5, 5.41) is 13.2. The molecule has 0 unspecified atom stereocenters. The van der Waals surface area contributed by atoms with E-state index in [0.29, 0.717) is 12.4 Å². The Kier molecular flexibility index (Phi) is 4.58. The zero-order chi connectivity index (χ0) is 16.1. The van der Waals surface area contributed by atoms with Gasteiger partial charge in [0.25, 0.3) is 5.91 Å². The Morgan fingerprint density at radius 3 is 2.70 bits per heavy atom. The van der Waals surface area contributed by atoms with Crippen molar-refractivity contribution in [1.82, 2.24) is 20.5 Å². The number of hydrogen-bond acceptors (Lipinski definition) is 6. The summed E-state index contributed by atoms with van der Waals surface area (Å²) in [7, 11) is 1.50. The van der Waals surface area contributed by atoms with E-state index in [4.69, 9.17) is 4.74 Å². The maximum absolute atomic E-state index is 12.0. The summed E-state index contributed by atoms with van der Waals surface area (Å²) in [4.78, 5) is 16.5. The van der Waals surface area contributed by atoms with Crippen LogP contribution in [0.25, 0.3) is 10.6 Å². The van der Waals surface area contributed by atoms with Crippen LogP contribution in [-0.4, -0.2) is 28.2 Å². The quantitative estimate of drug-likeness (QED) is 0.779. The lowest BCUT2D eigenvalue weighted by atomic mass is 10.2. The lowest BCUT2D eigenvalue weighted by Gasteiger charge is -2.02. The fraction of sp³-hybridized carbons (Fsp3) is 0.125. The number of amides is 1. The normalized spacial score (nSPS) is 10.3. The first-order valence-corrected chi connectivity index (χ1v) is 7.80. The molecule has 3 aromatic rings. The highest BCUT2D eigenvalue weighted by Crippen LogP contribution is 2.23. The first-order valence-electron chi connectivity index (χ1n) is 6.92. The number of benzene rings is 1. The van der Waals surface area contributed by atoms with E-state index in [1.165, 1.54) is 7.11 Å². The second kappa shape index (κ2) is 6.97. The van der Waals surface area contributed by atoms with Crippen LogP contribution in [0.3, 0.4) is 0 Å². The van der Waals surface area contributed by atoms with Gasteiger partial charge in [0.1, 0.15) is 5.01 Å². The summed E-state index contributed by atoms with van der Waals surface area (Å²) < 4.78 is 4.91. The first-order chi connectivity index (χ1) is 11.3. The molecule has 3 rings (SSSR count). The van der Waals surface area contributed by atoms with Crippen LogP contribution in [-0.2, 0) is 6.54 Å². The van der Waals surface area contributed by atoms with Crippen molar-refractivity contribution >= 4 is 17.2 Å². The van der Waals surface area contributed by atoms with E-state index in [1.54, 1.807) is 23.5 Å². The van der Waals surface area contributed by atoms with E-state index in [-0.39, 0.29) is 11.6 Å². The van der Waals surface area contributed by atoms with E-state index in [1.807, 2.05) is 35.7 Å². The molecule has 2 aromatic heterocycles. The predicted molar refractivity (Wildman–Crippen MR) is 87.3 cm³/mol. The van der Waals surface area contributed by atoms with Gasteiger partial charge < -0.3 is 10.1 Å². The summed E-state index contributed by atoms with van der Waals surface area (Å²) in [6, 6.07) is 13.1. The van der Waals surface area contributed by atoms with Crippen LogP contribution in [0.1, 0.15) is 16.2 Å². The molecule has 0 fully saturated rings. The summed E-state index contributed by atoms with van der Waals surface area (Å²) in [6.45, 7) is 0.343. The molecule has 0 aliphatic carbocycles. The minimum atomic E-state index is -0.297. The van der Waals surface area contributed by atoms with Crippen LogP contribution in [0.2, 0.25) is 0 Å². The van der Waals surface area contributed by atoms with Gasteiger partial charge in [0, 0.05) is 17.0 Å². The topological polar surface area (TPSA) is 77.0 Å². The molecule has 6 nitrogen and oxygen atoms in total. The summed E-state index contributed by atoms with van der Waals surface area (Å²) >= 11 is 1.55.